The van der Waals surface area contributed by atoms with Gasteiger partial charge in [0.2, 0.25) is 0 Å². The maximum Gasteiger partial charge on any atom is 0.0931 e. The first-order chi connectivity index (χ1) is 9.21. The van der Waals surface area contributed by atoms with E-state index in [0.29, 0.717) is 0 Å². The molecule has 1 nitrogen and oxygen atoms in total. The summed E-state index contributed by atoms with van der Waals surface area (Å²) in [6.07, 6.45) is 4.47. The van der Waals surface area contributed by atoms with Crippen molar-refractivity contribution in [1.29, 1.82) is 0 Å². The summed E-state index contributed by atoms with van der Waals surface area (Å²) in [7, 11) is 0. The molecule has 0 saturated carbocycles. The van der Waals surface area contributed by atoms with Crippen molar-refractivity contribution in [2.45, 2.75) is 25.7 Å². The molecule has 0 radical (unpaired) electrons. The lowest BCUT2D eigenvalue weighted by molar-refractivity contribution is 0.256. The van der Waals surface area contributed by atoms with E-state index >= 15 is 0 Å². The lowest BCUT2D eigenvalue weighted by atomic mass is 9.69. The summed E-state index contributed by atoms with van der Waals surface area (Å²) in [5.74, 6) is 0. The maximum absolute atomic E-state index is 6.12. The van der Waals surface area contributed by atoms with Crippen LogP contribution in [0.3, 0.4) is 0 Å². The van der Waals surface area contributed by atoms with Crippen LogP contribution in [0.5, 0.6) is 0 Å². The monoisotopic (exact) mass is 291 g/mol. The minimum Gasteiger partial charge on any atom is -0.330 e. The zero-order valence-corrected chi connectivity index (χ0v) is 12.4. The van der Waals surface area contributed by atoms with Crippen molar-refractivity contribution in [3.8, 4) is 0 Å². The zero-order chi connectivity index (χ0) is 13.3. The third kappa shape index (κ3) is 2.71. The second-order valence-electron chi connectivity index (χ2n) is 5.53. The molecule has 2 N–H and O–H groups in total. The second-order valence-corrected chi connectivity index (χ2v) is 7.33. The van der Waals surface area contributed by atoms with E-state index in [2.05, 4.69) is 30.3 Å². The number of rotatable bonds is 3. The lowest BCUT2D eigenvalue weighted by Gasteiger charge is -2.37. The number of hydrogen-bond acceptors (Lipinski definition) is 2. The van der Waals surface area contributed by atoms with Crippen molar-refractivity contribution in [2.24, 2.45) is 11.1 Å². The average molecular weight is 292 g/mol. The predicted octanol–water partition coefficient (Wildman–Crippen LogP) is 4.08. The van der Waals surface area contributed by atoms with E-state index in [1.807, 2.05) is 6.07 Å². The third-order valence-corrected chi connectivity index (χ3v) is 5.45. The molecule has 0 aliphatic heterocycles. The Labute approximate surface area is 123 Å². The second kappa shape index (κ2) is 5.28. The van der Waals surface area contributed by atoms with Gasteiger partial charge in [-0.2, -0.15) is 0 Å². The zero-order valence-electron chi connectivity index (χ0n) is 10.9. The molecule has 0 saturated heterocycles. The first-order valence-electron chi connectivity index (χ1n) is 6.72. The molecule has 0 amide bonds. The Hall–Kier alpha value is -0.830. The SMILES string of the molecule is NCC1(Cc2ccc(Cl)s2)CCc2ccccc2C1. The van der Waals surface area contributed by atoms with Crippen molar-refractivity contribution in [2.75, 3.05) is 6.54 Å². The van der Waals surface area contributed by atoms with Crippen LogP contribution >= 0.6 is 22.9 Å². The summed E-state index contributed by atoms with van der Waals surface area (Å²) in [5, 5.41) is 0. The number of aryl methyl sites for hydroxylation is 1. The fourth-order valence-electron chi connectivity index (χ4n) is 3.08. The van der Waals surface area contributed by atoms with E-state index < -0.39 is 0 Å². The molecule has 3 rings (SSSR count). The van der Waals surface area contributed by atoms with E-state index in [0.717, 1.165) is 30.1 Å². The molecule has 2 aromatic rings. The van der Waals surface area contributed by atoms with Crippen LogP contribution < -0.4 is 5.73 Å². The molecule has 0 fully saturated rings. The fraction of sp³-hybridized carbons (Fsp3) is 0.375. The number of benzene rings is 1. The van der Waals surface area contributed by atoms with Crippen LogP contribution in [-0.4, -0.2) is 6.54 Å². The predicted molar refractivity (Wildman–Crippen MR) is 83.0 cm³/mol. The van der Waals surface area contributed by atoms with Crippen molar-refractivity contribution in [1.82, 2.24) is 0 Å². The van der Waals surface area contributed by atoms with Crippen LogP contribution in [0.25, 0.3) is 0 Å². The molecule has 1 aromatic carbocycles. The fourth-order valence-corrected chi connectivity index (χ4v) is 4.34. The minimum atomic E-state index is 0.211. The molecule has 19 heavy (non-hydrogen) atoms. The highest BCUT2D eigenvalue weighted by Gasteiger charge is 2.33. The number of nitrogens with two attached hydrogens (primary N) is 1. The Morgan fingerprint density at radius 2 is 1.95 bits per heavy atom. The summed E-state index contributed by atoms with van der Waals surface area (Å²) in [6.45, 7) is 0.747. The number of fused-ring (bicyclic) bond motifs is 1. The molecule has 1 aliphatic carbocycles. The first-order valence-corrected chi connectivity index (χ1v) is 7.91. The smallest absolute Gasteiger partial charge is 0.0931 e. The summed E-state index contributed by atoms with van der Waals surface area (Å²) < 4.78 is 0.874. The van der Waals surface area contributed by atoms with Gasteiger partial charge in [0, 0.05) is 4.88 Å². The van der Waals surface area contributed by atoms with Gasteiger partial charge in [-0.15, -0.1) is 11.3 Å². The highest BCUT2D eigenvalue weighted by atomic mass is 35.5. The molecule has 1 atom stereocenters. The van der Waals surface area contributed by atoms with Crippen LogP contribution in [0.2, 0.25) is 4.34 Å². The lowest BCUT2D eigenvalue weighted by Crippen LogP contribution is -2.38. The molecule has 0 bridgehead atoms. The largest absolute Gasteiger partial charge is 0.330 e. The van der Waals surface area contributed by atoms with Crippen molar-refractivity contribution >= 4 is 22.9 Å². The average Bonchev–Trinajstić information content (AvgIpc) is 2.84. The molecule has 0 spiro atoms. The van der Waals surface area contributed by atoms with E-state index in [-0.39, 0.29) is 5.41 Å². The summed E-state index contributed by atoms with van der Waals surface area (Å²) in [6, 6.07) is 12.9. The van der Waals surface area contributed by atoms with Crippen molar-refractivity contribution in [3.63, 3.8) is 0 Å². The molecular weight excluding hydrogens is 274 g/mol. The molecule has 1 aromatic heterocycles. The van der Waals surface area contributed by atoms with Gasteiger partial charge >= 0.3 is 0 Å². The maximum atomic E-state index is 6.12. The van der Waals surface area contributed by atoms with Crippen molar-refractivity contribution in [3.05, 3.63) is 56.7 Å². The van der Waals surface area contributed by atoms with Gasteiger partial charge in [-0.05, 0) is 60.9 Å². The molecular formula is C16H18ClNS. The first kappa shape index (κ1) is 13.2. The minimum absolute atomic E-state index is 0.211. The van der Waals surface area contributed by atoms with Crippen LogP contribution in [0.4, 0.5) is 0 Å². The van der Waals surface area contributed by atoms with Crippen LogP contribution in [0, 0.1) is 5.41 Å². The molecule has 1 unspecified atom stereocenters. The molecule has 3 heteroatoms. The normalized spacial score (nSPS) is 22.2. The van der Waals surface area contributed by atoms with Crippen LogP contribution in [0.15, 0.2) is 36.4 Å². The van der Waals surface area contributed by atoms with Gasteiger partial charge in [0.25, 0.3) is 0 Å². The van der Waals surface area contributed by atoms with Crippen LogP contribution in [-0.2, 0) is 19.3 Å². The highest BCUT2D eigenvalue weighted by molar-refractivity contribution is 7.16. The van der Waals surface area contributed by atoms with E-state index in [1.165, 1.54) is 22.4 Å². The van der Waals surface area contributed by atoms with E-state index in [9.17, 15) is 0 Å². The number of hydrogen-bond donors (Lipinski definition) is 1. The highest BCUT2D eigenvalue weighted by Crippen LogP contribution is 2.39. The van der Waals surface area contributed by atoms with Crippen LogP contribution in [0.1, 0.15) is 22.4 Å². The Morgan fingerprint density at radius 1 is 1.16 bits per heavy atom. The quantitative estimate of drug-likeness (QED) is 0.906. The number of halogens is 1. The Morgan fingerprint density at radius 3 is 2.63 bits per heavy atom. The van der Waals surface area contributed by atoms with Gasteiger partial charge in [0.15, 0.2) is 0 Å². The van der Waals surface area contributed by atoms with Gasteiger partial charge in [0.1, 0.15) is 0 Å². The van der Waals surface area contributed by atoms with E-state index in [4.69, 9.17) is 17.3 Å². The number of thiophene rings is 1. The molecule has 1 aliphatic rings. The van der Waals surface area contributed by atoms with Gasteiger partial charge in [-0.1, -0.05) is 35.9 Å². The van der Waals surface area contributed by atoms with Gasteiger partial charge in [0.05, 0.1) is 4.34 Å². The molecule has 1 heterocycles. The Balaban J connectivity index is 1.85. The Kier molecular flexibility index (Phi) is 3.66. The molecule has 100 valence electrons. The van der Waals surface area contributed by atoms with Crippen molar-refractivity contribution < 1.29 is 0 Å². The summed E-state index contributed by atoms with van der Waals surface area (Å²) >= 11 is 7.72. The summed E-state index contributed by atoms with van der Waals surface area (Å²) in [4.78, 5) is 1.36. The standard InChI is InChI=1S/C16H18ClNS/c17-15-6-5-14(19-15)10-16(11-18)8-7-12-3-1-2-4-13(12)9-16/h1-6H,7-11,18H2. The topological polar surface area (TPSA) is 26.0 Å². The van der Waals surface area contributed by atoms with Gasteiger partial charge < -0.3 is 5.73 Å². The van der Waals surface area contributed by atoms with Gasteiger partial charge in [-0.3, -0.25) is 0 Å². The third-order valence-electron chi connectivity index (χ3n) is 4.22. The van der Waals surface area contributed by atoms with Gasteiger partial charge in [-0.25, -0.2) is 0 Å². The summed E-state index contributed by atoms with van der Waals surface area (Å²) in [5.41, 5.74) is 9.30. The van der Waals surface area contributed by atoms with E-state index in [1.54, 1.807) is 11.3 Å². The Bertz CT molecular complexity index is 578.